The first kappa shape index (κ1) is 25.4. The molecule has 1 heterocycles. The Morgan fingerprint density at radius 3 is 2.06 bits per heavy atom. The second-order valence-corrected chi connectivity index (χ2v) is 9.48. The van der Waals surface area contributed by atoms with E-state index in [4.69, 9.17) is 58.0 Å². The Kier molecular flexibility index (Phi) is 7.59. The van der Waals surface area contributed by atoms with Crippen molar-refractivity contribution in [1.82, 2.24) is 5.32 Å². The van der Waals surface area contributed by atoms with Crippen LogP contribution in [0, 0.1) is 0 Å². The van der Waals surface area contributed by atoms with E-state index in [0.29, 0.717) is 21.3 Å². The highest BCUT2D eigenvalue weighted by Gasteiger charge is 2.39. The highest BCUT2D eigenvalue weighted by Crippen LogP contribution is 2.33. The minimum Gasteiger partial charge on any atom is -0.350 e. The van der Waals surface area contributed by atoms with Crippen LogP contribution in [0.3, 0.4) is 0 Å². The number of imide groups is 1. The molecule has 6 nitrogen and oxygen atoms in total. The van der Waals surface area contributed by atoms with Crippen LogP contribution < -0.4 is 15.5 Å². The van der Waals surface area contributed by atoms with Gasteiger partial charge in [0.2, 0.25) is 0 Å². The molecule has 0 aromatic heterocycles. The summed E-state index contributed by atoms with van der Waals surface area (Å²) in [5.41, 5.74) is 1.63. The summed E-state index contributed by atoms with van der Waals surface area (Å²) in [7, 11) is 0. The quantitative estimate of drug-likeness (QED) is 0.325. The molecule has 0 fully saturated rings. The van der Waals surface area contributed by atoms with Gasteiger partial charge < -0.3 is 10.6 Å². The lowest BCUT2D eigenvalue weighted by atomic mass is 10.1. The van der Waals surface area contributed by atoms with Crippen molar-refractivity contribution in [3.8, 4) is 0 Å². The largest absolute Gasteiger partial charge is 0.350 e. The van der Waals surface area contributed by atoms with Gasteiger partial charge >= 0.3 is 0 Å². The predicted octanol–water partition coefficient (Wildman–Crippen LogP) is 6.67. The van der Waals surface area contributed by atoms with Gasteiger partial charge in [0.15, 0.2) is 0 Å². The van der Waals surface area contributed by atoms with Crippen LogP contribution in [-0.4, -0.2) is 17.7 Å². The van der Waals surface area contributed by atoms with Gasteiger partial charge in [-0.2, -0.15) is 0 Å². The van der Waals surface area contributed by atoms with Gasteiger partial charge in [-0.05, 0) is 60.2 Å². The van der Waals surface area contributed by atoms with Crippen molar-refractivity contribution in [3.05, 3.63) is 103 Å². The number of hydrogen-bond donors (Lipinski definition) is 2. The summed E-state index contributed by atoms with van der Waals surface area (Å²) in [6.45, 7) is 0.220. The third-order valence-electron chi connectivity index (χ3n) is 5.00. The molecule has 0 unspecified atom stereocenters. The lowest BCUT2D eigenvalue weighted by molar-refractivity contribution is -0.120. The average Bonchev–Trinajstić information content (AvgIpc) is 3.01. The first-order chi connectivity index (χ1) is 16.6. The predicted molar refractivity (Wildman–Crippen MR) is 140 cm³/mol. The van der Waals surface area contributed by atoms with Crippen molar-refractivity contribution >= 4 is 87.1 Å². The maximum Gasteiger partial charge on any atom is 0.283 e. The van der Waals surface area contributed by atoms with Crippen molar-refractivity contribution in [2.75, 3.05) is 10.2 Å². The Morgan fingerprint density at radius 2 is 1.43 bits per heavy atom. The molecule has 0 spiro atoms. The smallest absolute Gasteiger partial charge is 0.283 e. The number of halogens is 5. The second-order valence-electron chi connectivity index (χ2n) is 7.38. The van der Waals surface area contributed by atoms with Crippen LogP contribution in [0.1, 0.15) is 15.9 Å². The maximum absolute atomic E-state index is 12.9. The molecule has 0 aliphatic carbocycles. The number of nitrogens with one attached hydrogen (secondary N) is 2. The molecule has 0 atom stereocenters. The monoisotopic (exact) mass is 567 g/mol. The van der Waals surface area contributed by atoms with Crippen LogP contribution in [0.25, 0.3) is 0 Å². The first-order valence-electron chi connectivity index (χ1n) is 9.98. The topological polar surface area (TPSA) is 78.5 Å². The molecular formula is C24H14Cl5N3O3. The second kappa shape index (κ2) is 10.5. The molecule has 3 aromatic rings. The summed E-state index contributed by atoms with van der Waals surface area (Å²) >= 11 is 30.2. The number of amides is 3. The lowest BCUT2D eigenvalue weighted by Gasteiger charge is -2.16. The highest BCUT2D eigenvalue weighted by molar-refractivity contribution is 6.53. The third kappa shape index (κ3) is 5.58. The summed E-state index contributed by atoms with van der Waals surface area (Å²) in [6, 6.07) is 15.6. The summed E-state index contributed by atoms with van der Waals surface area (Å²) in [5.74, 6) is -1.70. The van der Waals surface area contributed by atoms with Gasteiger partial charge in [-0.1, -0.05) is 64.1 Å². The fraction of sp³-hybridized carbons (Fsp3) is 0.0417. The van der Waals surface area contributed by atoms with Crippen molar-refractivity contribution in [3.63, 3.8) is 0 Å². The van der Waals surface area contributed by atoms with Gasteiger partial charge in [0, 0.05) is 37.9 Å². The molecule has 11 heteroatoms. The standard InChI is InChI=1S/C24H14Cl5N3O3/c25-14-4-1-13(19(28)10-14)11-30-22(33)12-2-5-17(6-3-12)31-21-20(29)23(34)32(24(21)35)18-8-15(26)7-16(27)9-18/h1-10,31H,11H2,(H,30,33). The van der Waals surface area contributed by atoms with Crippen LogP contribution in [-0.2, 0) is 16.1 Å². The van der Waals surface area contributed by atoms with Crippen molar-refractivity contribution in [2.45, 2.75) is 6.54 Å². The van der Waals surface area contributed by atoms with Gasteiger partial charge in [-0.3, -0.25) is 14.4 Å². The van der Waals surface area contributed by atoms with Gasteiger partial charge in [0.1, 0.15) is 10.7 Å². The molecule has 0 bridgehead atoms. The highest BCUT2D eigenvalue weighted by atomic mass is 35.5. The molecule has 178 valence electrons. The molecule has 2 N–H and O–H groups in total. The van der Waals surface area contributed by atoms with E-state index in [1.165, 1.54) is 18.2 Å². The average molecular weight is 570 g/mol. The molecule has 4 rings (SSSR count). The molecule has 3 aromatic carbocycles. The van der Waals surface area contributed by atoms with E-state index >= 15 is 0 Å². The van der Waals surface area contributed by atoms with Crippen LogP contribution in [0.2, 0.25) is 20.1 Å². The number of carbonyl (C=O) groups excluding carboxylic acids is 3. The van der Waals surface area contributed by atoms with Crippen molar-refractivity contribution in [1.29, 1.82) is 0 Å². The van der Waals surface area contributed by atoms with E-state index in [9.17, 15) is 14.4 Å². The van der Waals surface area contributed by atoms with E-state index in [2.05, 4.69) is 10.6 Å². The van der Waals surface area contributed by atoms with Gasteiger partial charge in [-0.15, -0.1) is 0 Å². The fourth-order valence-electron chi connectivity index (χ4n) is 3.31. The normalized spacial score (nSPS) is 13.5. The number of carbonyl (C=O) groups is 3. The number of rotatable bonds is 6. The van der Waals surface area contributed by atoms with Gasteiger partial charge in [-0.25, -0.2) is 4.90 Å². The lowest BCUT2D eigenvalue weighted by Crippen LogP contribution is -2.32. The van der Waals surface area contributed by atoms with Crippen LogP contribution in [0.15, 0.2) is 71.4 Å². The molecule has 0 radical (unpaired) electrons. The van der Waals surface area contributed by atoms with Crippen LogP contribution in [0.5, 0.6) is 0 Å². The van der Waals surface area contributed by atoms with Crippen LogP contribution >= 0.6 is 58.0 Å². The summed E-state index contributed by atoms with van der Waals surface area (Å²) in [4.78, 5) is 38.9. The first-order valence-corrected chi connectivity index (χ1v) is 11.9. The van der Waals surface area contributed by atoms with E-state index in [0.717, 1.165) is 10.5 Å². The Balaban J connectivity index is 1.44. The number of anilines is 2. The number of hydrogen-bond acceptors (Lipinski definition) is 4. The molecule has 3 amide bonds. The summed E-state index contributed by atoms with van der Waals surface area (Å²) in [5, 5.41) is 6.82. The molecule has 1 aliphatic heterocycles. The third-order valence-corrected chi connectivity index (χ3v) is 6.38. The molecule has 1 aliphatic rings. The van der Waals surface area contributed by atoms with E-state index < -0.39 is 11.8 Å². The number of benzene rings is 3. The molecule has 0 saturated heterocycles. The van der Waals surface area contributed by atoms with E-state index in [1.54, 1.807) is 42.5 Å². The zero-order chi connectivity index (χ0) is 25.3. The van der Waals surface area contributed by atoms with Gasteiger partial charge in [0.25, 0.3) is 17.7 Å². The maximum atomic E-state index is 12.9. The summed E-state index contributed by atoms with van der Waals surface area (Å²) < 4.78 is 0. The minimum absolute atomic E-state index is 0.109. The SMILES string of the molecule is O=C(NCc1ccc(Cl)cc1Cl)c1ccc(NC2=C(Cl)C(=O)N(c3cc(Cl)cc(Cl)c3)C2=O)cc1. The number of nitrogens with zero attached hydrogens (tertiary/aromatic N) is 1. The Morgan fingerprint density at radius 1 is 0.771 bits per heavy atom. The van der Waals surface area contributed by atoms with E-state index in [-0.39, 0.29) is 38.9 Å². The van der Waals surface area contributed by atoms with E-state index in [1.807, 2.05) is 0 Å². The Hall–Kier alpha value is -2.74. The Labute approximate surface area is 225 Å². The summed E-state index contributed by atoms with van der Waals surface area (Å²) in [6.07, 6.45) is 0. The van der Waals surface area contributed by atoms with Gasteiger partial charge in [0.05, 0.1) is 5.69 Å². The van der Waals surface area contributed by atoms with Crippen LogP contribution in [0.4, 0.5) is 11.4 Å². The zero-order valence-electron chi connectivity index (χ0n) is 17.5. The Bertz CT molecular complexity index is 1370. The fourth-order valence-corrected chi connectivity index (χ4v) is 4.51. The van der Waals surface area contributed by atoms with Crippen molar-refractivity contribution in [2.24, 2.45) is 0 Å². The van der Waals surface area contributed by atoms with Crippen molar-refractivity contribution < 1.29 is 14.4 Å². The molecule has 0 saturated carbocycles. The minimum atomic E-state index is -0.714. The molecule has 35 heavy (non-hydrogen) atoms. The molecular weight excluding hydrogens is 556 g/mol. The zero-order valence-corrected chi connectivity index (χ0v) is 21.3.